The van der Waals surface area contributed by atoms with Gasteiger partial charge in [-0.25, -0.2) is 4.39 Å². The smallest absolute Gasteiger partial charge is 0.130 e. The van der Waals surface area contributed by atoms with Crippen LogP contribution in [0.3, 0.4) is 0 Å². The van der Waals surface area contributed by atoms with Crippen LogP contribution in [0.25, 0.3) is 0 Å². The first-order valence-corrected chi connectivity index (χ1v) is 5.99. The molecule has 0 spiro atoms. The van der Waals surface area contributed by atoms with Crippen LogP contribution in [0.5, 0.6) is 0 Å². The maximum absolute atomic E-state index is 13.6. The van der Waals surface area contributed by atoms with Crippen LogP contribution in [0.1, 0.15) is 22.9 Å². The summed E-state index contributed by atoms with van der Waals surface area (Å²) in [5.41, 5.74) is 1.98. The molecule has 1 aromatic heterocycles. The van der Waals surface area contributed by atoms with Crippen molar-refractivity contribution in [1.82, 2.24) is 4.98 Å². The SMILES string of the molecule is Cc1cccnc1CC(O)c1ccc(Cl)cc1F. The van der Waals surface area contributed by atoms with E-state index < -0.39 is 11.9 Å². The maximum atomic E-state index is 13.6. The number of pyridine rings is 1. The van der Waals surface area contributed by atoms with E-state index in [1.807, 2.05) is 19.1 Å². The molecule has 0 saturated carbocycles. The Morgan fingerprint density at radius 2 is 2.17 bits per heavy atom. The quantitative estimate of drug-likeness (QED) is 0.922. The van der Waals surface area contributed by atoms with Gasteiger partial charge in [0, 0.05) is 28.9 Å². The van der Waals surface area contributed by atoms with Crippen LogP contribution in [-0.4, -0.2) is 10.1 Å². The minimum absolute atomic E-state index is 0.240. The molecule has 2 rings (SSSR count). The number of rotatable bonds is 3. The van der Waals surface area contributed by atoms with Gasteiger partial charge < -0.3 is 5.11 Å². The molecule has 1 aromatic carbocycles. The fraction of sp³-hybridized carbons (Fsp3) is 0.214. The Kier molecular flexibility index (Phi) is 3.94. The predicted octanol–water partition coefficient (Wildman–Crippen LogP) is 3.46. The maximum Gasteiger partial charge on any atom is 0.130 e. The summed E-state index contributed by atoms with van der Waals surface area (Å²) in [7, 11) is 0. The zero-order chi connectivity index (χ0) is 13.1. The molecule has 0 aliphatic carbocycles. The van der Waals surface area contributed by atoms with Crippen LogP contribution < -0.4 is 0 Å². The van der Waals surface area contributed by atoms with Crippen LogP contribution in [0, 0.1) is 12.7 Å². The lowest BCUT2D eigenvalue weighted by atomic mass is 10.0. The lowest BCUT2D eigenvalue weighted by molar-refractivity contribution is 0.172. The third-order valence-electron chi connectivity index (χ3n) is 2.83. The molecular formula is C14H13ClFNO. The molecule has 1 N–H and O–H groups in total. The van der Waals surface area contributed by atoms with E-state index in [1.165, 1.54) is 12.1 Å². The van der Waals surface area contributed by atoms with Crippen molar-refractivity contribution in [1.29, 1.82) is 0 Å². The largest absolute Gasteiger partial charge is 0.388 e. The summed E-state index contributed by atoms with van der Waals surface area (Å²) in [5.74, 6) is -0.497. The first kappa shape index (κ1) is 13.0. The van der Waals surface area contributed by atoms with Gasteiger partial charge >= 0.3 is 0 Å². The molecule has 0 fully saturated rings. The van der Waals surface area contributed by atoms with Gasteiger partial charge in [-0.15, -0.1) is 0 Å². The fourth-order valence-electron chi connectivity index (χ4n) is 1.80. The summed E-state index contributed by atoms with van der Waals surface area (Å²) < 4.78 is 13.6. The Bertz CT molecular complexity index is 559. The zero-order valence-corrected chi connectivity index (χ0v) is 10.7. The van der Waals surface area contributed by atoms with Crippen molar-refractivity contribution in [2.75, 3.05) is 0 Å². The molecular weight excluding hydrogens is 253 g/mol. The number of benzene rings is 1. The van der Waals surface area contributed by atoms with Crippen LogP contribution >= 0.6 is 11.6 Å². The Labute approximate surface area is 110 Å². The number of halogens is 2. The second kappa shape index (κ2) is 5.46. The molecule has 4 heteroatoms. The number of aryl methyl sites for hydroxylation is 1. The summed E-state index contributed by atoms with van der Waals surface area (Å²) in [5, 5.41) is 10.4. The van der Waals surface area contributed by atoms with E-state index in [-0.39, 0.29) is 12.0 Å². The minimum Gasteiger partial charge on any atom is -0.388 e. The number of hydrogen-bond acceptors (Lipinski definition) is 2. The zero-order valence-electron chi connectivity index (χ0n) is 9.90. The van der Waals surface area contributed by atoms with E-state index in [9.17, 15) is 9.50 Å². The standard InChI is InChI=1S/C14H13ClFNO/c1-9-3-2-6-17-13(9)8-14(18)11-5-4-10(15)7-12(11)16/h2-7,14,18H,8H2,1H3. The highest BCUT2D eigenvalue weighted by Gasteiger charge is 2.15. The first-order chi connectivity index (χ1) is 8.58. The Balaban J connectivity index is 2.22. The first-order valence-electron chi connectivity index (χ1n) is 5.61. The van der Waals surface area contributed by atoms with Gasteiger partial charge in [0.15, 0.2) is 0 Å². The summed E-state index contributed by atoms with van der Waals surface area (Å²) in [6.07, 6.45) is 1.02. The van der Waals surface area contributed by atoms with Crippen molar-refractivity contribution in [2.45, 2.75) is 19.4 Å². The topological polar surface area (TPSA) is 33.1 Å². The average molecular weight is 266 g/mol. The van der Waals surface area contributed by atoms with E-state index in [2.05, 4.69) is 4.98 Å². The molecule has 1 heterocycles. The van der Waals surface area contributed by atoms with E-state index in [0.29, 0.717) is 5.02 Å². The minimum atomic E-state index is -0.920. The molecule has 2 nitrogen and oxygen atoms in total. The molecule has 0 bridgehead atoms. The number of aliphatic hydroxyl groups excluding tert-OH is 1. The Morgan fingerprint density at radius 3 is 2.83 bits per heavy atom. The van der Waals surface area contributed by atoms with Gasteiger partial charge in [0.05, 0.1) is 6.10 Å². The Morgan fingerprint density at radius 1 is 1.39 bits per heavy atom. The van der Waals surface area contributed by atoms with Crippen LogP contribution in [0.4, 0.5) is 4.39 Å². The summed E-state index contributed by atoms with van der Waals surface area (Å²) in [6, 6.07) is 8.00. The van der Waals surface area contributed by atoms with Gasteiger partial charge in [0.25, 0.3) is 0 Å². The van der Waals surface area contributed by atoms with Gasteiger partial charge in [0.1, 0.15) is 5.82 Å². The van der Waals surface area contributed by atoms with E-state index in [4.69, 9.17) is 11.6 Å². The highest BCUT2D eigenvalue weighted by Crippen LogP contribution is 2.23. The lowest BCUT2D eigenvalue weighted by Gasteiger charge is -2.13. The predicted molar refractivity (Wildman–Crippen MR) is 69.0 cm³/mol. The number of aliphatic hydroxyl groups is 1. The second-order valence-electron chi connectivity index (χ2n) is 4.15. The fourth-order valence-corrected chi connectivity index (χ4v) is 1.96. The van der Waals surface area contributed by atoms with Crippen LogP contribution in [-0.2, 0) is 6.42 Å². The summed E-state index contributed by atoms with van der Waals surface area (Å²) >= 11 is 5.67. The average Bonchev–Trinajstić information content (AvgIpc) is 2.32. The number of aromatic nitrogens is 1. The molecule has 0 radical (unpaired) electrons. The molecule has 2 aromatic rings. The monoisotopic (exact) mass is 265 g/mol. The van der Waals surface area contributed by atoms with Crippen molar-refractivity contribution in [2.24, 2.45) is 0 Å². The summed E-state index contributed by atoms with van der Waals surface area (Å²) in [6.45, 7) is 1.91. The lowest BCUT2D eigenvalue weighted by Crippen LogP contribution is -2.06. The van der Waals surface area contributed by atoms with Crippen molar-refractivity contribution < 1.29 is 9.50 Å². The van der Waals surface area contributed by atoms with Crippen LogP contribution in [0.2, 0.25) is 5.02 Å². The van der Waals surface area contributed by atoms with Crippen LogP contribution in [0.15, 0.2) is 36.5 Å². The molecule has 18 heavy (non-hydrogen) atoms. The van der Waals surface area contributed by atoms with Crippen molar-refractivity contribution in [3.63, 3.8) is 0 Å². The van der Waals surface area contributed by atoms with E-state index >= 15 is 0 Å². The molecule has 0 amide bonds. The van der Waals surface area contributed by atoms with E-state index in [0.717, 1.165) is 11.3 Å². The Hall–Kier alpha value is -1.45. The van der Waals surface area contributed by atoms with Gasteiger partial charge in [0.2, 0.25) is 0 Å². The molecule has 0 aliphatic heterocycles. The summed E-state index contributed by atoms with van der Waals surface area (Å²) in [4.78, 5) is 4.18. The van der Waals surface area contributed by atoms with Gasteiger partial charge in [-0.05, 0) is 30.7 Å². The molecule has 0 aliphatic rings. The molecule has 1 unspecified atom stereocenters. The van der Waals surface area contributed by atoms with Gasteiger partial charge in [-0.3, -0.25) is 4.98 Å². The van der Waals surface area contributed by atoms with E-state index in [1.54, 1.807) is 12.3 Å². The highest BCUT2D eigenvalue weighted by molar-refractivity contribution is 6.30. The normalized spacial score (nSPS) is 12.4. The molecule has 0 saturated heterocycles. The van der Waals surface area contributed by atoms with Crippen molar-refractivity contribution in [3.05, 3.63) is 64.2 Å². The van der Waals surface area contributed by atoms with Crippen molar-refractivity contribution in [3.8, 4) is 0 Å². The van der Waals surface area contributed by atoms with Gasteiger partial charge in [-0.1, -0.05) is 23.7 Å². The third kappa shape index (κ3) is 2.86. The molecule has 1 atom stereocenters. The number of nitrogens with zero attached hydrogens (tertiary/aromatic N) is 1. The van der Waals surface area contributed by atoms with Crippen molar-refractivity contribution >= 4 is 11.6 Å². The number of hydrogen-bond donors (Lipinski definition) is 1. The highest BCUT2D eigenvalue weighted by atomic mass is 35.5. The van der Waals surface area contributed by atoms with Gasteiger partial charge in [-0.2, -0.15) is 0 Å². The second-order valence-corrected chi connectivity index (χ2v) is 4.59. The molecule has 94 valence electrons. The third-order valence-corrected chi connectivity index (χ3v) is 3.06.